The highest BCUT2D eigenvalue weighted by Gasteiger charge is 2.40. The summed E-state index contributed by atoms with van der Waals surface area (Å²) in [6, 6.07) is 9.52. The van der Waals surface area contributed by atoms with Gasteiger partial charge in [0.15, 0.2) is 12.4 Å². The van der Waals surface area contributed by atoms with Crippen molar-refractivity contribution in [3.05, 3.63) is 35.9 Å². The number of hydrogen-bond acceptors (Lipinski definition) is 5. The molecule has 0 aliphatic carbocycles. The summed E-state index contributed by atoms with van der Waals surface area (Å²) in [5.74, 6) is 0. The molecule has 0 bridgehead atoms. The molecule has 6 heteroatoms. The van der Waals surface area contributed by atoms with Crippen LogP contribution in [0.5, 0.6) is 0 Å². The van der Waals surface area contributed by atoms with E-state index in [0.717, 1.165) is 5.56 Å². The van der Waals surface area contributed by atoms with Gasteiger partial charge in [-0.15, -0.1) is 0 Å². The summed E-state index contributed by atoms with van der Waals surface area (Å²) in [4.78, 5) is 10.4. The summed E-state index contributed by atoms with van der Waals surface area (Å²) < 4.78 is 29.7. The molecule has 1 aromatic rings. The number of carbonyl (C=O) groups excluding carboxylic acids is 1. The first kappa shape index (κ1) is 14.9. The van der Waals surface area contributed by atoms with E-state index in [9.17, 15) is 9.18 Å². The van der Waals surface area contributed by atoms with E-state index >= 15 is 0 Å². The van der Waals surface area contributed by atoms with Gasteiger partial charge >= 0.3 is 0 Å². The number of benzene rings is 1. The van der Waals surface area contributed by atoms with Gasteiger partial charge in [-0.25, -0.2) is 4.39 Å². The third-order valence-corrected chi connectivity index (χ3v) is 3.19. The SMILES string of the molecule is NCC1OC(OCc2ccccc2)CC(F)C1OC=O. The van der Waals surface area contributed by atoms with Gasteiger partial charge < -0.3 is 19.9 Å². The van der Waals surface area contributed by atoms with Crippen molar-refractivity contribution in [3.63, 3.8) is 0 Å². The van der Waals surface area contributed by atoms with Crippen molar-refractivity contribution in [2.45, 2.75) is 37.7 Å². The lowest BCUT2D eigenvalue weighted by Crippen LogP contribution is -2.51. The fourth-order valence-corrected chi connectivity index (χ4v) is 2.18. The molecule has 0 aromatic heterocycles. The van der Waals surface area contributed by atoms with Crippen LogP contribution in [0.15, 0.2) is 30.3 Å². The number of carbonyl (C=O) groups is 1. The number of rotatable bonds is 6. The topological polar surface area (TPSA) is 70.8 Å². The highest BCUT2D eigenvalue weighted by atomic mass is 19.1. The van der Waals surface area contributed by atoms with Crippen LogP contribution in [0.3, 0.4) is 0 Å². The van der Waals surface area contributed by atoms with Crippen molar-refractivity contribution in [3.8, 4) is 0 Å². The van der Waals surface area contributed by atoms with Crippen LogP contribution in [0, 0.1) is 0 Å². The molecule has 2 rings (SSSR count). The highest BCUT2D eigenvalue weighted by molar-refractivity contribution is 5.37. The Labute approximate surface area is 116 Å². The minimum Gasteiger partial charge on any atom is -0.459 e. The van der Waals surface area contributed by atoms with E-state index in [2.05, 4.69) is 0 Å². The molecule has 20 heavy (non-hydrogen) atoms. The van der Waals surface area contributed by atoms with Gasteiger partial charge in [0.1, 0.15) is 12.3 Å². The molecule has 0 amide bonds. The fraction of sp³-hybridized carbons (Fsp3) is 0.500. The van der Waals surface area contributed by atoms with Crippen molar-refractivity contribution < 1.29 is 23.4 Å². The Morgan fingerprint density at radius 1 is 1.40 bits per heavy atom. The quantitative estimate of drug-likeness (QED) is 0.793. The molecule has 1 heterocycles. The van der Waals surface area contributed by atoms with E-state index in [-0.39, 0.29) is 19.4 Å². The summed E-state index contributed by atoms with van der Waals surface area (Å²) in [5.41, 5.74) is 6.49. The van der Waals surface area contributed by atoms with Crippen LogP contribution >= 0.6 is 0 Å². The van der Waals surface area contributed by atoms with E-state index < -0.39 is 24.7 Å². The molecular formula is C14H18FNO4. The standard InChI is InChI=1S/C14H18FNO4/c15-11-6-13(18-8-10-4-2-1-3-5-10)20-12(7-16)14(11)19-9-17/h1-5,9,11-14H,6-8,16H2. The molecule has 110 valence electrons. The Balaban J connectivity index is 1.89. The van der Waals surface area contributed by atoms with Crippen LogP contribution in [-0.2, 0) is 25.6 Å². The molecule has 0 saturated carbocycles. The zero-order valence-corrected chi connectivity index (χ0v) is 11.0. The lowest BCUT2D eigenvalue weighted by atomic mass is 10.0. The normalized spacial score (nSPS) is 29.9. The predicted octanol–water partition coefficient (Wildman–Crippen LogP) is 1.16. The van der Waals surface area contributed by atoms with Gasteiger partial charge in [0.2, 0.25) is 0 Å². The predicted molar refractivity (Wildman–Crippen MR) is 69.4 cm³/mol. The molecule has 1 saturated heterocycles. The fourth-order valence-electron chi connectivity index (χ4n) is 2.18. The van der Waals surface area contributed by atoms with Crippen LogP contribution in [0.25, 0.3) is 0 Å². The number of halogens is 1. The molecular weight excluding hydrogens is 265 g/mol. The van der Waals surface area contributed by atoms with Crippen LogP contribution in [-0.4, -0.2) is 37.7 Å². The molecule has 1 aromatic carbocycles. The van der Waals surface area contributed by atoms with E-state index in [0.29, 0.717) is 6.61 Å². The Bertz CT molecular complexity index is 417. The molecule has 5 nitrogen and oxygen atoms in total. The largest absolute Gasteiger partial charge is 0.459 e. The molecule has 2 N–H and O–H groups in total. The number of ether oxygens (including phenoxy) is 3. The first-order valence-electron chi connectivity index (χ1n) is 6.49. The second-order valence-electron chi connectivity index (χ2n) is 4.59. The summed E-state index contributed by atoms with van der Waals surface area (Å²) in [5, 5.41) is 0. The van der Waals surface area contributed by atoms with Gasteiger partial charge in [0.25, 0.3) is 6.47 Å². The minimum atomic E-state index is -1.34. The van der Waals surface area contributed by atoms with Crippen LogP contribution in [0.2, 0.25) is 0 Å². The van der Waals surface area contributed by atoms with Gasteiger partial charge in [-0.1, -0.05) is 30.3 Å². The number of nitrogens with two attached hydrogens (primary N) is 1. The second kappa shape index (κ2) is 7.33. The number of hydrogen-bond donors (Lipinski definition) is 1. The third kappa shape index (κ3) is 3.75. The van der Waals surface area contributed by atoms with E-state index in [1.807, 2.05) is 30.3 Å². The Morgan fingerprint density at radius 3 is 2.80 bits per heavy atom. The zero-order valence-electron chi connectivity index (χ0n) is 11.0. The first-order chi connectivity index (χ1) is 9.74. The van der Waals surface area contributed by atoms with Gasteiger partial charge in [0.05, 0.1) is 6.61 Å². The van der Waals surface area contributed by atoms with Gasteiger partial charge in [-0.2, -0.15) is 0 Å². The van der Waals surface area contributed by atoms with Gasteiger partial charge in [-0.3, -0.25) is 4.79 Å². The van der Waals surface area contributed by atoms with Gasteiger partial charge in [0, 0.05) is 13.0 Å². The lowest BCUT2D eigenvalue weighted by Gasteiger charge is -2.36. The molecule has 1 fully saturated rings. The van der Waals surface area contributed by atoms with Crippen molar-refractivity contribution in [1.82, 2.24) is 0 Å². The maximum absolute atomic E-state index is 13.9. The highest BCUT2D eigenvalue weighted by Crippen LogP contribution is 2.25. The monoisotopic (exact) mass is 283 g/mol. The summed E-state index contributed by atoms with van der Waals surface area (Å²) in [6.07, 6.45) is -3.67. The van der Waals surface area contributed by atoms with Crippen molar-refractivity contribution in [1.29, 1.82) is 0 Å². The van der Waals surface area contributed by atoms with Crippen LogP contribution in [0.4, 0.5) is 4.39 Å². The Morgan fingerprint density at radius 2 is 2.15 bits per heavy atom. The molecule has 4 unspecified atom stereocenters. The number of alkyl halides is 1. The average Bonchev–Trinajstić information content (AvgIpc) is 2.48. The Kier molecular flexibility index (Phi) is 5.46. The minimum absolute atomic E-state index is 0.0157. The smallest absolute Gasteiger partial charge is 0.293 e. The molecule has 1 aliphatic heterocycles. The van der Waals surface area contributed by atoms with Crippen LogP contribution < -0.4 is 5.73 Å². The van der Waals surface area contributed by atoms with Crippen LogP contribution in [0.1, 0.15) is 12.0 Å². The third-order valence-electron chi connectivity index (χ3n) is 3.19. The average molecular weight is 283 g/mol. The van der Waals surface area contributed by atoms with Crippen molar-refractivity contribution >= 4 is 6.47 Å². The molecule has 4 atom stereocenters. The van der Waals surface area contributed by atoms with E-state index in [4.69, 9.17) is 19.9 Å². The summed E-state index contributed by atoms with van der Waals surface area (Å²) >= 11 is 0. The van der Waals surface area contributed by atoms with E-state index in [1.165, 1.54) is 0 Å². The second-order valence-corrected chi connectivity index (χ2v) is 4.59. The van der Waals surface area contributed by atoms with Gasteiger partial charge in [-0.05, 0) is 5.56 Å². The van der Waals surface area contributed by atoms with Crippen molar-refractivity contribution in [2.75, 3.05) is 6.54 Å². The first-order valence-corrected chi connectivity index (χ1v) is 6.49. The summed E-state index contributed by atoms with van der Waals surface area (Å²) in [6.45, 7) is 0.604. The maximum Gasteiger partial charge on any atom is 0.293 e. The molecule has 1 aliphatic rings. The summed E-state index contributed by atoms with van der Waals surface area (Å²) in [7, 11) is 0. The molecule has 0 radical (unpaired) electrons. The zero-order chi connectivity index (χ0) is 14.4. The lowest BCUT2D eigenvalue weighted by molar-refractivity contribution is -0.244. The van der Waals surface area contributed by atoms with Crippen molar-refractivity contribution in [2.24, 2.45) is 5.73 Å². The molecule has 0 spiro atoms. The Hall–Kier alpha value is -1.50. The van der Waals surface area contributed by atoms with E-state index in [1.54, 1.807) is 0 Å². The maximum atomic E-state index is 13.9.